The zero-order valence-electron chi connectivity index (χ0n) is 7.71. The molecular formula is C8H17O4. The molecule has 0 amide bonds. The van der Waals surface area contributed by atoms with Crippen LogP contribution >= 0.6 is 0 Å². The van der Waals surface area contributed by atoms with E-state index in [-0.39, 0.29) is 13.2 Å². The molecular weight excluding hydrogens is 160 g/mol. The van der Waals surface area contributed by atoms with Crippen LogP contribution in [0.1, 0.15) is 13.8 Å². The minimum Gasteiger partial charge on any atom is -0.373 e. The highest BCUT2D eigenvalue weighted by atomic mass is 16.8. The van der Waals surface area contributed by atoms with Crippen LogP contribution in [0.25, 0.3) is 0 Å². The topological polar surface area (TPSA) is 47.9 Å². The summed E-state index contributed by atoms with van der Waals surface area (Å²) in [6, 6.07) is 0. The molecule has 0 rings (SSSR count). The third kappa shape index (κ3) is 4.66. The summed E-state index contributed by atoms with van der Waals surface area (Å²) in [6.45, 7) is 8.06. The van der Waals surface area contributed by atoms with E-state index in [2.05, 4.69) is 6.92 Å². The molecule has 0 bridgehead atoms. The van der Waals surface area contributed by atoms with E-state index in [1.807, 2.05) is 6.92 Å². The Morgan fingerprint density at radius 2 is 1.92 bits per heavy atom. The van der Waals surface area contributed by atoms with E-state index < -0.39 is 5.97 Å². The zero-order chi connectivity index (χ0) is 9.45. The summed E-state index contributed by atoms with van der Waals surface area (Å²) in [5, 5.41) is 9.53. The first-order valence-corrected chi connectivity index (χ1v) is 4.05. The lowest BCUT2D eigenvalue weighted by atomic mass is 10.5. The van der Waals surface area contributed by atoms with Crippen molar-refractivity contribution in [2.45, 2.75) is 19.8 Å². The van der Waals surface area contributed by atoms with Gasteiger partial charge in [-0.1, -0.05) is 0 Å². The van der Waals surface area contributed by atoms with Gasteiger partial charge in [0.15, 0.2) is 0 Å². The van der Waals surface area contributed by atoms with Gasteiger partial charge in [-0.15, -0.1) is 0 Å². The van der Waals surface area contributed by atoms with Crippen LogP contribution in [-0.4, -0.2) is 37.5 Å². The molecule has 0 aromatic heterocycles. The second-order valence-electron chi connectivity index (χ2n) is 2.13. The first-order chi connectivity index (χ1) is 5.68. The lowest BCUT2D eigenvalue weighted by molar-refractivity contribution is -0.371. The molecule has 0 fully saturated rings. The fourth-order valence-corrected chi connectivity index (χ4v) is 0.741. The summed E-state index contributed by atoms with van der Waals surface area (Å²) in [6.07, 6.45) is 0. The molecule has 0 aliphatic carbocycles. The van der Waals surface area contributed by atoms with Crippen molar-refractivity contribution in [2.75, 3.05) is 26.4 Å². The van der Waals surface area contributed by atoms with Crippen molar-refractivity contribution >= 4 is 0 Å². The fourth-order valence-electron chi connectivity index (χ4n) is 0.741. The molecule has 1 radical (unpaired) electrons. The summed E-state index contributed by atoms with van der Waals surface area (Å²) >= 11 is 0. The number of aliphatic hydroxyl groups is 1. The maximum absolute atomic E-state index is 9.53. The van der Waals surface area contributed by atoms with Gasteiger partial charge in [0.2, 0.25) is 0 Å². The van der Waals surface area contributed by atoms with Crippen LogP contribution in [-0.2, 0) is 14.2 Å². The molecule has 73 valence electrons. The van der Waals surface area contributed by atoms with Crippen molar-refractivity contribution in [3.05, 3.63) is 6.92 Å². The molecule has 12 heavy (non-hydrogen) atoms. The first kappa shape index (κ1) is 11.8. The quantitative estimate of drug-likeness (QED) is 0.577. The normalized spacial score (nSPS) is 12.0. The zero-order valence-corrected chi connectivity index (χ0v) is 7.71. The second-order valence-corrected chi connectivity index (χ2v) is 2.13. The van der Waals surface area contributed by atoms with Crippen LogP contribution in [0.15, 0.2) is 0 Å². The summed E-state index contributed by atoms with van der Waals surface area (Å²) in [7, 11) is 0. The highest BCUT2D eigenvalue weighted by Crippen LogP contribution is 2.09. The maximum Gasteiger partial charge on any atom is 0.305 e. The van der Waals surface area contributed by atoms with Crippen molar-refractivity contribution in [3.8, 4) is 0 Å². The Hall–Kier alpha value is -0.160. The van der Waals surface area contributed by atoms with Crippen LogP contribution in [0.5, 0.6) is 0 Å². The lowest BCUT2D eigenvalue weighted by Gasteiger charge is -2.26. The van der Waals surface area contributed by atoms with E-state index in [1.165, 1.54) is 0 Å². The number of rotatable bonds is 7. The van der Waals surface area contributed by atoms with Gasteiger partial charge in [0.1, 0.15) is 6.61 Å². The van der Waals surface area contributed by atoms with E-state index in [0.717, 1.165) is 0 Å². The lowest BCUT2D eigenvalue weighted by Crippen LogP contribution is -2.41. The van der Waals surface area contributed by atoms with E-state index in [0.29, 0.717) is 13.2 Å². The molecule has 1 atom stereocenters. The van der Waals surface area contributed by atoms with Crippen molar-refractivity contribution in [3.63, 3.8) is 0 Å². The summed E-state index contributed by atoms with van der Waals surface area (Å²) in [5.41, 5.74) is 0. The van der Waals surface area contributed by atoms with Gasteiger partial charge in [-0.05, 0) is 20.8 Å². The smallest absolute Gasteiger partial charge is 0.305 e. The standard InChI is InChI=1S/C8H17O4/c1-4-10-7-8(9,11-5-2)12-6-3/h9H,2,4-7H2,1,3H3. The molecule has 0 saturated carbocycles. The average Bonchev–Trinajstić information content (AvgIpc) is 2.02. The van der Waals surface area contributed by atoms with E-state index in [1.54, 1.807) is 6.92 Å². The molecule has 4 nitrogen and oxygen atoms in total. The number of hydrogen-bond donors (Lipinski definition) is 1. The molecule has 0 heterocycles. The summed E-state index contributed by atoms with van der Waals surface area (Å²) in [5.74, 6) is -1.63. The van der Waals surface area contributed by atoms with Crippen LogP contribution in [0, 0.1) is 6.92 Å². The van der Waals surface area contributed by atoms with Crippen LogP contribution in [0.3, 0.4) is 0 Å². The Kier molecular flexibility index (Phi) is 6.28. The van der Waals surface area contributed by atoms with Gasteiger partial charge >= 0.3 is 5.97 Å². The monoisotopic (exact) mass is 177 g/mol. The maximum atomic E-state index is 9.53. The molecule has 1 unspecified atom stereocenters. The number of ether oxygens (including phenoxy) is 3. The van der Waals surface area contributed by atoms with Crippen LogP contribution in [0.4, 0.5) is 0 Å². The predicted octanol–water partition coefficient (Wildman–Crippen LogP) is 0.556. The first-order valence-electron chi connectivity index (χ1n) is 4.05. The summed E-state index contributed by atoms with van der Waals surface area (Å²) in [4.78, 5) is 0. The number of hydrogen-bond acceptors (Lipinski definition) is 4. The van der Waals surface area contributed by atoms with Crippen molar-refractivity contribution in [1.82, 2.24) is 0 Å². The third-order valence-corrected chi connectivity index (χ3v) is 1.19. The second kappa shape index (κ2) is 6.37. The minimum atomic E-state index is -1.63. The Morgan fingerprint density at radius 1 is 1.25 bits per heavy atom. The minimum absolute atomic E-state index is 0.00681. The molecule has 0 aromatic carbocycles. The van der Waals surface area contributed by atoms with E-state index >= 15 is 0 Å². The molecule has 0 aliphatic heterocycles. The SMILES string of the molecule is [CH2]COC(O)(COCC)OCC. The molecule has 4 heteroatoms. The summed E-state index contributed by atoms with van der Waals surface area (Å²) < 4.78 is 14.8. The van der Waals surface area contributed by atoms with Gasteiger partial charge in [0, 0.05) is 13.2 Å². The Bertz CT molecular complexity index is 99.2. The molecule has 0 saturated heterocycles. The van der Waals surface area contributed by atoms with Crippen molar-refractivity contribution < 1.29 is 19.3 Å². The van der Waals surface area contributed by atoms with Crippen molar-refractivity contribution in [2.24, 2.45) is 0 Å². The van der Waals surface area contributed by atoms with Crippen LogP contribution in [0.2, 0.25) is 0 Å². The third-order valence-electron chi connectivity index (χ3n) is 1.19. The average molecular weight is 177 g/mol. The van der Waals surface area contributed by atoms with Crippen molar-refractivity contribution in [1.29, 1.82) is 0 Å². The largest absolute Gasteiger partial charge is 0.373 e. The van der Waals surface area contributed by atoms with Gasteiger partial charge in [-0.3, -0.25) is 0 Å². The van der Waals surface area contributed by atoms with Gasteiger partial charge in [0.25, 0.3) is 0 Å². The molecule has 0 spiro atoms. The Labute approximate surface area is 73.4 Å². The van der Waals surface area contributed by atoms with E-state index in [4.69, 9.17) is 14.2 Å². The Morgan fingerprint density at radius 3 is 2.33 bits per heavy atom. The van der Waals surface area contributed by atoms with Gasteiger partial charge in [-0.2, -0.15) is 0 Å². The predicted molar refractivity (Wildman–Crippen MR) is 44.4 cm³/mol. The van der Waals surface area contributed by atoms with E-state index in [9.17, 15) is 5.11 Å². The molecule has 0 aromatic rings. The van der Waals surface area contributed by atoms with Gasteiger partial charge in [0.05, 0.1) is 6.61 Å². The highest BCUT2D eigenvalue weighted by molar-refractivity contribution is 4.52. The molecule has 1 N–H and O–H groups in total. The molecule has 0 aliphatic rings. The Balaban J connectivity index is 3.80. The fraction of sp³-hybridized carbons (Fsp3) is 0.875. The highest BCUT2D eigenvalue weighted by Gasteiger charge is 2.28. The van der Waals surface area contributed by atoms with Crippen LogP contribution < -0.4 is 0 Å². The van der Waals surface area contributed by atoms with Gasteiger partial charge < -0.3 is 19.3 Å². The van der Waals surface area contributed by atoms with Gasteiger partial charge in [-0.25, -0.2) is 0 Å².